The average Bonchev–Trinajstić information content (AvgIpc) is 3.17. The third-order valence-electron chi connectivity index (χ3n) is 8.99. The molecule has 2 aromatic carbocycles. The minimum atomic E-state index is -0.429. The lowest BCUT2D eigenvalue weighted by Gasteiger charge is -2.44. The van der Waals surface area contributed by atoms with Crippen molar-refractivity contribution in [1.82, 2.24) is 14.9 Å². The largest absolute Gasteiger partial charge is 0.494 e. The van der Waals surface area contributed by atoms with Gasteiger partial charge >= 0.3 is 5.97 Å². The number of nitrogens with one attached hydrogen (secondary N) is 1. The molecule has 0 radical (unpaired) electrons. The van der Waals surface area contributed by atoms with E-state index in [2.05, 4.69) is 66.3 Å². The van der Waals surface area contributed by atoms with Crippen LogP contribution in [0.5, 0.6) is 5.75 Å². The highest BCUT2D eigenvalue weighted by Crippen LogP contribution is 2.51. The Hall–Kier alpha value is -3.12. The maximum atomic E-state index is 13.0. The number of benzene rings is 2. The van der Waals surface area contributed by atoms with E-state index in [1.165, 1.54) is 17.6 Å². The highest BCUT2D eigenvalue weighted by atomic mass is 16.6. The summed E-state index contributed by atoms with van der Waals surface area (Å²) in [5.41, 5.74) is 5.46. The minimum Gasteiger partial charge on any atom is -0.494 e. The van der Waals surface area contributed by atoms with Crippen molar-refractivity contribution in [2.75, 3.05) is 27.2 Å². The Balaban J connectivity index is 1.26. The fourth-order valence-corrected chi connectivity index (χ4v) is 6.65. The number of ether oxygens (including phenoxy) is 2. The van der Waals surface area contributed by atoms with E-state index in [1.54, 1.807) is 7.11 Å². The number of nitrogens with zero attached hydrogens (tertiary/aromatic N) is 2. The highest BCUT2D eigenvalue weighted by molar-refractivity contribution is 5.84. The first kappa shape index (κ1) is 28.4. The molecule has 0 spiro atoms. The van der Waals surface area contributed by atoms with Gasteiger partial charge in [0.15, 0.2) is 0 Å². The lowest BCUT2D eigenvalue weighted by Crippen LogP contribution is -2.47. The van der Waals surface area contributed by atoms with E-state index < -0.39 is 5.60 Å². The van der Waals surface area contributed by atoms with Crippen LogP contribution in [0, 0.1) is 24.7 Å². The maximum Gasteiger partial charge on any atom is 0.308 e. The Morgan fingerprint density at radius 1 is 1.15 bits per heavy atom. The first-order valence-corrected chi connectivity index (χ1v) is 15.0. The van der Waals surface area contributed by atoms with Crippen LogP contribution in [0.3, 0.4) is 0 Å². The fraction of sp³-hybridized carbons (Fsp3) is 0.529. The molecule has 0 unspecified atom stereocenters. The zero-order chi connectivity index (χ0) is 28.3. The Labute approximate surface area is 239 Å². The van der Waals surface area contributed by atoms with Crippen LogP contribution in [-0.4, -0.2) is 53.7 Å². The number of rotatable bonds is 11. The molecular weight excluding hydrogens is 498 g/mol. The Morgan fingerprint density at radius 2 is 1.95 bits per heavy atom. The zero-order valence-corrected chi connectivity index (χ0v) is 24.8. The number of carbonyl (C=O) groups excluding carboxylic acids is 1. The number of esters is 1. The monoisotopic (exact) mass is 543 g/mol. The number of H-pyrrole nitrogens is 1. The van der Waals surface area contributed by atoms with Crippen molar-refractivity contribution < 1.29 is 14.3 Å². The summed E-state index contributed by atoms with van der Waals surface area (Å²) in [6.07, 6.45) is 9.55. The SMILES string of the molecule is COc1ccc(C)c2nc(CCCN(C)CC[C@]3(OC(=O)C(C)C)C[C@@H]4CCC[C@@H]3C=C4c3ccccc3)[nH]c12. The predicted octanol–water partition coefficient (Wildman–Crippen LogP) is 6.98. The van der Waals surface area contributed by atoms with Gasteiger partial charge in [0, 0.05) is 25.3 Å². The molecule has 214 valence electrons. The Bertz CT molecular complexity index is 1350. The Kier molecular flexibility index (Phi) is 8.65. The highest BCUT2D eigenvalue weighted by Gasteiger charge is 2.48. The molecule has 6 heteroatoms. The van der Waals surface area contributed by atoms with Gasteiger partial charge in [-0.25, -0.2) is 4.98 Å². The predicted molar refractivity (Wildman–Crippen MR) is 161 cm³/mol. The van der Waals surface area contributed by atoms with Crippen LogP contribution >= 0.6 is 0 Å². The molecule has 2 bridgehead atoms. The molecule has 6 rings (SSSR count). The molecular formula is C34H45N3O3. The van der Waals surface area contributed by atoms with Crippen molar-refractivity contribution in [3.8, 4) is 5.75 Å². The van der Waals surface area contributed by atoms with Gasteiger partial charge < -0.3 is 19.4 Å². The van der Waals surface area contributed by atoms with Crippen LogP contribution in [-0.2, 0) is 16.0 Å². The number of hydrogen-bond donors (Lipinski definition) is 1. The molecule has 1 fully saturated rings. The number of aromatic amines is 1. The number of aromatic nitrogens is 2. The second-order valence-corrected chi connectivity index (χ2v) is 12.2. The smallest absolute Gasteiger partial charge is 0.308 e. The van der Waals surface area contributed by atoms with Crippen LogP contribution in [0.1, 0.15) is 69.3 Å². The van der Waals surface area contributed by atoms with E-state index in [4.69, 9.17) is 14.5 Å². The van der Waals surface area contributed by atoms with E-state index in [1.807, 2.05) is 19.9 Å². The van der Waals surface area contributed by atoms with Crippen molar-refractivity contribution in [3.05, 3.63) is 65.5 Å². The standard InChI is InChI=1S/C34H45N3O3/c1-23(2)33(38)40-34(22-26-13-9-14-27(34)21-28(26)25-11-7-6-8-12-25)18-20-37(4)19-10-15-30-35-31-24(3)16-17-29(39-5)32(31)36-30/h6-8,11-12,16-17,21,23,26-27H,9-10,13-15,18-20,22H2,1-5H3,(H,35,36)/t26-,27+,34-/m0/s1. The van der Waals surface area contributed by atoms with Gasteiger partial charge in [0.05, 0.1) is 18.5 Å². The second kappa shape index (κ2) is 12.2. The number of fused-ring (bicyclic) bond motifs is 4. The summed E-state index contributed by atoms with van der Waals surface area (Å²) in [4.78, 5) is 23.7. The molecule has 3 aliphatic carbocycles. The average molecular weight is 544 g/mol. The van der Waals surface area contributed by atoms with Gasteiger partial charge in [0.2, 0.25) is 0 Å². The second-order valence-electron chi connectivity index (χ2n) is 12.2. The molecule has 1 saturated carbocycles. The third-order valence-corrected chi connectivity index (χ3v) is 8.99. The summed E-state index contributed by atoms with van der Waals surface area (Å²) >= 11 is 0. The van der Waals surface area contributed by atoms with Crippen molar-refractivity contribution in [1.29, 1.82) is 0 Å². The molecule has 0 aliphatic heterocycles. The van der Waals surface area contributed by atoms with Crippen molar-refractivity contribution in [2.45, 2.75) is 71.3 Å². The van der Waals surface area contributed by atoms with Crippen molar-refractivity contribution in [3.63, 3.8) is 0 Å². The van der Waals surface area contributed by atoms with Gasteiger partial charge in [-0.2, -0.15) is 0 Å². The molecule has 1 N–H and O–H groups in total. The first-order chi connectivity index (χ1) is 19.3. The molecule has 6 nitrogen and oxygen atoms in total. The van der Waals surface area contributed by atoms with Crippen molar-refractivity contribution in [2.24, 2.45) is 17.8 Å². The van der Waals surface area contributed by atoms with Gasteiger partial charge in [0.1, 0.15) is 22.7 Å². The fourth-order valence-electron chi connectivity index (χ4n) is 6.65. The zero-order valence-electron chi connectivity index (χ0n) is 24.8. The number of hydrogen-bond acceptors (Lipinski definition) is 5. The third kappa shape index (κ3) is 5.97. The summed E-state index contributed by atoms with van der Waals surface area (Å²) < 4.78 is 12.0. The maximum absolute atomic E-state index is 13.0. The number of aryl methyl sites for hydroxylation is 2. The topological polar surface area (TPSA) is 67.5 Å². The van der Waals surface area contributed by atoms with Gasteiger partial charge in [-0.05, 0) is 74.9 Å². The minimum absolute atomic E-state index is 0.0690. The van der Waals surface area contributed by atoms with Crippen LogP contribution in [0.4, 0.5) is 0 Å². The summed E-state index contributed by atoms with van der Waals surface area (Å²) in [5, 5.41) is 0. The van der Waals surface area contributed by atoms with Crippen LogP contribution < -0.4 is 4.74 Å². The van der Waals surface area contributed by atoms with Gasteiger partial charge in [-0.15, -0.1) is 0 Å². The number of imidazole rings is 1. The molecule has 1 heterocycles. The quantitative estimate of drug-likeness (QED) is 0.264. The number of allylic oxidation sites excluding steroid dienone is 1. The number of carbonyl (C=O) groups is 1. The normalized spacial score (nSPS) is 22.5. The summed E-state index contributed by atoms with van der Waals surface area (Å²) in [6.45, 7) is 7.83. The van der Waals surface area contributed by atoms with Gasteiger partial charge in [-0.3, -0.25) is 4.79 Å². The van der Waals surface area contributed by atoms with E-state index >= 15 is 0 Å². The number of methoxy groups -OCH3 is 1. The molecule has 40 heavy (non-hydrogen) atoms. The molecule has 0 amide bonds. The van der Waals surface area contributed by atoms with E-state index in [0.29, 0.717) is 5.92 Å². The summed E-state index contributed by atoms with van der Waals surface area (Å²) in [5.74, 6) is 2.32. The Morgan fingerprint density at radius 3 is 2.70 bits per heavy atom. The van der Waals surface area contributed by atoms with E-state index in [0.717, 1.165) is 79.8 Å². The lowest BCUT2D eigenvalue weighted by molar-refractivity contribution is -0.172. The molecule has 1 aromatic heterocycles. The molecule has 3 aliphatic rings. The molecule has 3 atom stereocenters. The van der Waals surface area contributed by atoms with Crippen LogP contribution in [0.25, 0.3) is 16.6 Å². The van der Waals surface area contributed by atoms with Crippen LogP contribution in [0.15, 0.2) is 48.5 Å². The van der Waals surface area contributed by atoms with E-state index in [-0.39, 0.29) is 17.8 Å². The van der Waals surface area contributed by atoms with Gasteiger partial charge in [-0.1, -0.05) is 62.7 Å². The summed E-state index contributed by atoms with van der Waals surface area (Å²) in [6, 6.07) is 14.8. The first-order valence-electron chi connectivity index (χ1n) is 15.0. The lowest BCUT2D eigenvalue weighted by atomic mass is 9.69. The van der Waals surface area contributed by atoms with E-state index in [9.17, 15) is 4.79 Å². The van der Waals surface area contributed by atoms with Crippen molar-refractivity contribution >= 4 is 22.6 Å². The molecule has 3 aromatic rings. The summed E-state index contributed by atoms with van der Waals surface area (Å²) in [7, 11) is 3.88. The van der Waals surface area contributed by atoms with Gasteiger partial charge in [0.25, 0.3) is 0 Å². The molecule has 0 saturated heterocycles. The van der Waals surface area contributed by atoms with Crippen LogP contribution in [0.2, 0.25) is 0 Å².